The van der Waals surface area contributed by atoms with Gasteiger partial charge < -0.3 is 10.6 Å². The van der Waals surface area contributed by atoms with Crippen LogP contribution in [0.5, 0.6) is 0 Å². The number of hydrogen-bond acceptors (Lipinski definition) is 4. The molecule has 1 aromatic rings. The molecule has 5 nitrogen and oxygen atoms in total. The second-order valence-corrected chi connectivity index (χ2v) is 6.52. The molecule has 0 radical (unpaired) electrons. The lowest BCUT2D eigenvalue weighted by molar-refractivity contribution is -0.384. The van der Waals surface area contributed by atoms with Gasteiger partial charge in [-0.1, -0.05) is 13.3 Å². The topological polar surface area (TPSA) is 72.4 Å². The highest BCUT2D eigenvalue weighted by atomic mass is 127. The summed E-state index contributed by atoms with van der Waals surface area (Å²) in [7, 11) is 0. The van der Waals surface area contributed by atoms with E-state index in [9.17, 15) is 10.1 Å². The van der Waals surface area contributed by atoms with Crippen LogP contribution in [0.4, 0.5) is 11.4 Å². The number of rotatable bonds is 4. The van der Waals surface area contributed by atoms with E-state index < -0.39 is 0 Å². The van der Waals surface area contributed by atoms with Crippen molar-refractivity contribution in [3.05, 3.63) is 31.9 Å². The van der Waals surface area contributed by atoms with E-state index in [-0.39, 0.29) is 16.7 Å². The first-order valence-corrected chi connectivity index (χ1v) is 8.05. The lowest BCUT2D eigenvalue weighted by Gasteiger charge is -2.40. The van der Waals surface area contributed by atoms with Crippen LogP contribution in [0.3, 0.4) is 0 Å². The number of benzene rings is 1. The van der Waals surface area contributed by atoms with Crippen LogP contribution in [0.2, 0.25) is 0 Å². The van der Waals surface area contributed by atoms with Gasteiger partial charge in [-0.05, 0) is 53.5 Å². The highest BCUT2D eigenvalue weighted by Crippen LogP contribution is 2.35. The number of piperidine rings is 1. The van der Waals surface area contributed by atoms with Crippen molar-refractivity contribution in [3.8, 4) is 0 Å². The first-order chi connectivity index (χ1) is 9.56. The number of nitro groups is 1. The molecule has 0 spiro atoms. The summed E-state index contributed by atoms with van der Waals surface area (Å²) in [6.45, 7) is 3.59. The second-order valence-electron chi connectivity index (χ2n) is 5.27. The van der Waals surface area contributed by atoms with Crippen LogP contribution in [-0.2, 0) is 0 Å². The molecule has 1 fully saturated rings. The fourth-order valence-corrected chi connectivity index (χ4v) is 3.41. The molecule has 1 aliphatic rings. The number of nitro benzene ring substituents is 1. The maximum atomic E-state index is 11.3. The van der Waals surface area contributed by atoms with Gasteiger partial charge in [0.05, 0.1) is 4.92 Å². The third kappa shape index (κ3) is 3.22. The van der Waals surface area contributed by atoms with Crippen LogP contribution in [-0.4, -0.2) is 24.1 Å². The molecule has 1 saturated heterocycles. The zero-order chi connectivity index (χ0) is 14.7. The van der Waals surface area contributed by atoms with E-state index in [1.807, 2.05) is 12.1 Å². The standard InChI is InChI=1S/C14H20IN3O2/c1-2-10-5-6-17(12(7-10)9-16)13-4-3-11(15)8-14(13)18(19)20/h3-4,8,10,12H,2,5-7,9,16H2,1H3. The Morgan fingerprint density at radius 2 is 2.30 bits per heavy atom. The summed E-state index contributed by atoms with van der Waals surface area (Å²) < 4.78 is 0.880. The molecule has 2 unspecified atom stereocenters. The lowest BCUT2D eigenvalue weighted by Crippen LogP contribution is -2.47. The minimum atomic E-state index is -0.295. The highest BCUT2D eigenvalue weighted by Gasteiger charge is 2.30. The van der Waals surface area contributed by atoms with Gasteiger partial charge in [0.15, 0.2) is 0 Å². The number of halogens is 1. The van der Waals surface area contributed by atoms with Crippen LogP contribution in [0.25, 0.3) is 0 Å². The molecule has 110 valence electrons. The Labute approximate surface area is 132 Å². The Morgan fingerprint density at radius 3 is 2.90 bits per heavy atom. The molecular formula is C14H20IN3O2. The fraction of sp³-hybridized carbons (Fsp3) is 0.571. The van der Waals surface area contributed by atoms with Crippen molar-refractivity contribution in [2.45, 2.75) is 32.2 Å². The Balaban J connectivity index is 2.33. The molecule has 0 bridgehead atoms. The molecule has 2 rings (SSSR count). The molecule has 6 heteroatoms. The summed E-state index contributed by atoms with van der Waals surface area (Å²) in [5.41, 5.74) is 6.79. The van der Waals surface area contributed by atoms with Crippen molar-refractivity contribution in [2.75, 3.05) is 18.0 Å². The van der Waals surface area contributed by atoms with E-state index in [0.29, 0.717) is 18.2 Å². The van der Waals surface area contributed by atoms with Gasteiger partial charge in [0.25, 0.3) is 5.69 Å². The van der Waals surface area contributed by atoms with Gasteiger partial charge in [0, 0.05) is 28.8 Å². The third-order valence-corrected chi connectivity index (χ3v) is 4.79. The summed E-state index contributed by atoms with van der Waals surface area (Å²) in [6.07, 6.45) is 3.26. The van der Waals surface area contributed by atoms with Crippen molar-refractivity contribution in [3.63, 3.8) is 0 Å². The molecule has 0 aliphatic carbocycles. The zero-order valence-electron chi connectivity index (χ0n) is 11.6. The van der Waals surface area contributed by atoms with Gasteiger partial charge in [-0.15, -0.1) is 0 Å². The number of nitrogens with two attached hydrogens (primary N) is 1. The Bertz CT molecular complexity index is 495. The van der Waals surface area contributed by atoms with Gasteiger partial charge >= 0.3 is 0 Å². The minimum absolute atomic E-state index is 0.185. The summed E-state index contributed by atoms with van der Waals surface area (Å²) in [6, 6.07) is 5.61. The largest absolute Gasteiger partial charge is 0.362 e. The fourth-order valence-electron chi connectivity index (χ4n) is 2.93. The average molecular weight is 389 g/mol. The molecule has 1 heterocycles. The van der Waals surface area contributed by atoms with Crippen molar-refractivity contribution >= 4 is 34.0 Å². The Kier molecular flexibility index (Phi) is 5.20. The summed E-state index contributed by atoms with van der Waals surface area (Å²) >= 11 is 2.10. The lowest BCUT2D eigenvalue weighted by atomic mass is 9.88. The van der Waals surface area contributed by atoms with Crippen molar-refractivity contribution < 1.29 is 4.92 Å². The van der Waals surface area contributed by atoms with E-state index in [2.05, 4.69) is 34.4 Å². The SMILES string of the molecule is CCC1CCN(c2ccc(I)cc2[N+](=O)[O-])C(CN)C1. The van der Waals surface area contributed by atoms with Gasteiger partial charge in [-0.2, -0.15) is 0 Å². The first-order valence-electron chi connectivity index (χ1n) is 6.97. The smallest absolute Gasteiger partial charge is 0.293 e. The van der Waals surface area contributed by atoms with Crippen LogP contribution in [0.15, 0.2) is 18.2 Å². The molecular weight excluding hydrogens is 369 g/mol. The van der Waals surface area contributed by atoms with Gasteiger partial charge in [0.2, 0.25) is 0 Å². The predicted molar refractivity (Wildman–Crippen MR) is 89.0 cm³/mol. The van der Waals surface area contributed by atoms with E-state index >= 15 is 0 Å². The average Bonchev–Trinajstić information content (AvgIpc) is 2.46. The Hall–Kier alpha value is -0.890. The molecule has 0 amide bonds. The van der Waals surface area contributed by atoms with Crippen molar-refractivity contribution in [2.24, 2.45) is 11.7 Å². The number of nitrogens with zero attached hydrogens (tertiary/aromatic N) is 2. The molecule has 20 heavy (non-hydrogen) atoms. The molecule has 2 atom stereocenters. The van der Waals surface area contributed by atoms with E-state index in [0.717, 1.165) is 29.4 Å². The monoisotopic (exact) mass is 389 g/mol. The zero-order valence-corrected chi connectivity index (χ0v) is 13.7. The molecule has 0 aromatic heterocycles. The summed E-state index contributed by atoms with van der Waals surface area (Å²) in [5.74, 6) is 0.683. The first kappa shape index (κ1) is 15.5. The number of hydrogen-bond donors (Lipinski definition) is 1. The molecule has 1 aromatic carbocycles. The quantitative estimate of drug-likeness (QED) is 0.488. The van der Waals surface area contributed by atoms with Crippen LogP contribution in [0.1, 0.15) is 26.2 Å². The van der Waals surface area contributed by atoms with Crippen LogP contribution < -0.4 is 10.6 Å². The molecule has 1 aliphatic heterocycles. The predicted octanol–water partition coefficient (Wildman–Crippen LogP) is 3.15. The second kappa shape index (κ2) is 6.71. The van der Waals surface area contributed by atoms with Gasteiger partial charge in [-0.3, -0.25) is 10.1 Å². The molecule has 0 saturated carbocycles. The minimum Gasteiger partial charge on any atom is -0.362 e. The summed E-state index contributed by atoms with van der Waals surface area (Å²) in [5, 5.41) is 11.3. The Morgan fingerprint density at radius 1 is 1.55 bits per heavy atom. The highest BCUT2D eigenvalue weighted by molar-refractivity contribution is 14.1. The van der Waals surface area contributed by atoms with Crippen molar-refractivity contribution in [1.82, 2.24) is 0 Å². The normalized spacial score (nSPS) is 22.9. The number of anilines is 1. The molecule has 2 N–H and O–H groups in total. The third-order valence-electron chi connectivity index (χ3n) is 4.12. The van der Waals surface area contributed by atoms with Gasteiger partial charge in [-0.25, -0.2) is 0 Å². The van der Waals surface area contributed by atoms with E-state index in [1.165, 1.54) is 0 Å². The summed E-state index contributed by atoms with van der Waals surface area (Å²) in [4.78, 5) is 13.1. The maximum Gasteiger partial charge on any atom is 0.293 e. The van der Waals surface area contributed by atoms with E-state index in [1.54, 1.807) is 6.07 Å². The van der Waals surface area contributed by atoms with Crippen LogP contribution >= 0.6 is 22.6 Å². The maximum absolute atomic E-state index is 11.3. The van der Waals surface area contributed by atoms with Crippen LogP contribution in [0, 0.1) is 19.6 Å². The van der Waals surface area contributed by atoms with Crippen molar-refractivity contribution in [1.29, 1.82) is 0 Å². The van der Waals surface area contributed by atoms with Gasteiger partial charge in [0.1, 0.15) is 5.69 Å². The van der Waals surface area contributed by atoms with E-state index in [4.69, 9.17) is 5.73 Å².